The Morgan fingerprint density at radius 1 is 1.07 bits per heavy atom. The number of para-hydroxylation sites is 2. The number of benzene rings is 2. The van der Waals surface area contributed by atoms with Crippen LogP contribution >= 0.6 is 0 Å². The van der Waals surface area contributed by atoms with Crippen LogP contribution in [0.3, 0.4) is 0 Å². The zero-order chi connectivity index (χ0) is 18.6. The van der Waals surface area contributed by atoms with Gasteiger partial charge in [0.05, 0.1) is 17.1 Å². The maximum Gasteiger partial charge on any atom is 0.223 e. The Labute approximate surface area is 160 Å². The van der Waals surface area contributed by atoms with E-state index in [0.29, 0.717) is 5.92 Å². The quantitative estimate of drug-likeness (QED) is 0.686. The SMILES string of the molecule is CC(NC(=O)[C@H]1CC[C@@H](Cc2nc3ccccc3[nH]2)CC1)c1ccccc1. The Morgan fingerprint density at radius 3 is 2.52 bits per heavy atom. The fraction of sp³-hybridized carbons (Fsp3) is 0.391. The number of hydrogen-bond donors (Lipinski definition) is 2. The monoisotopic (exact) mass is 361 g/mol. The standard InChI is InChI=1S/C23H27N3O/c1-16(18-7-3-2-4-8-18)24-23(27)19-13-11-17(12-14-19)15-22-25-20-9-5-6-10-21(20)26-22/h2-10,16-17,19H,11-15H2,1H3,(H,24,27)(H,25,26)/t16?,17-,19+. The highest BCUT2D eigenvalue weighted by molar-refractivity contribution is 5.79. The predicted molar refractivity (Wildman–Crippen MR) is 108 cm³/mol. The Kier molecular flexibility index (Phi) is 5.23. The number of rotatable bonds is 5. The zero-order valence-corrected chi connectivity index (χ0v) is 15.8. The topological polar surface area (TPSA) is 57.8 Å². The molecule has 0 aliphatic heterocycles. The third-order valence-electron chi connectivity index (χ3n) is 5.80. The van der Waals surface area contributed by atoms with Gasteiger partial charge in [-0.25, -0.2) is 4.98 Å². The molecule has 27 heavy (non-hydrogen) atoms. The summed E-state index contributed by atoms with van der Waals surface area (Å²) in [5.41, 5.74) is 3.30. The maximum atomic E-state index is 12.6. The number of aromatic amines is 1. The predicted octanol–water partition coefficient (Wildman–Crippen LogP) is 4.79. The molecule has 1 amide bonds. The first-order valence-electron chi connectivity index (χ1n) is 9.98. The molecule has 0 saturated heterocycles. The second-order valence-electron chi connectivity index (χ2n) is 7.76. The minimum absolute atomic E-state index is 0.0620. The normalized spacial score (nSPS) is 21.1. The third kappa shape index (κ3) is 4.21. The van der Waals surface area contributed by atoms with E-state index >= 15 is 0 Å². The molecule has 0 radical (unpaired) electrons. The second-order valence-corrected chi connectivity index (χ2v) is 7.76. The number of amides is 1. The van der Waals surface area contributed by atoms with E-state index in [2.05, 4.69) is 35.4 Å². The van der Waals surface area contributed by atoms with Crippen molar-refractivity contribution in [3.8, 4) is 0 Å². The van der Waals surface area contributed by atoms with Crippen LogP contribution in [0.2, 0.25) is 0 Å². The molecule has 1 aliphatic rings. The summed E-state index contributed by atoms with van der Waals surface area (Å²) >= 11 is 0. The number of aromatic nitrogens is 2. The lowest BCUT2D eigenvalue weighted by Crippen LogP contribution is -2.35. The third-order valence-corrected chi connectivity index (χ3v) is 5.80. The lowest BCUT2D eigenvalue weighted by Gasteiger charge is -2.28. The van der Waals surface area contributed by atoms with Gasteiger partial charge in [0.15, 0.2) is 0 Å². The van der Waals surface area contributed by atoms with Crippen LogP contribution in [0.1, 0.15) is 50.0 Å². The second kappa shape index (κ2) is 7.95. The van der Waals surface area contributed by atoms with Gasteiger partial charge in [0.2, 0.25) is 5.91 Å². The fourth-order valence-electron chi connectivity index (χ4n) is 4.16. The summed E-state index contributed by atoms with van der Waals surface area (Å²) in [6.07, 6.45) is 5.10. The summed E-state index contributed by atoms with van der Waals surface area (Å²) in [7, 11) is 0. The molecule has 0 spiro atoms. The smallest absolute Gasteiger partial charge is 0.223 e. The van der Waals surface area contributed by atoms with Crippen molar-refractivity contribution in [3.63, 3.8) is 0 Å². The number of fused-ring (bicyclic) bond motifs is 1. The van der Waals surface area contributed by atoms with Crippen molar-refractivity contribution in [1.29, 1.82) is 0 Å². The van der Waals surface area contributed by atoms with E-state index in [0.717, 1.165) is 54.5 Å². The lowest BCUT2D eigenvalue weighted by atomic mass is 9.80. The molecule has 1 atom stereocenters. The molecule has 2 N–H and O–H groups in total. The molecule has 1 unspecified atom stereocenters. The number of carbonyl (C=O) groups excluding carboxylic acids is 1. The molecule has 1 aromatic heterocycles. The van der Waals surface area contributed by atoms with E-state index in [9.17, 15) is 4.79 Å². The first-order chi connectivity index (χ1) is 13.2. The molecule has 1 fully saturated rings. The first-order valence-corrected chi connectivity index (χ1v) is 9.98. The molecule has 1 aliphatic carbocycles. The molecule has 1 heterocycles. The molecule has 4 nitrogen and oxygen atoms in total. The van der Waals surface area contributed by atoms with Crippen LogP contribution in [0.5, 0.6) is 0 Å². The van der Waals surface area contributed by atoms with Gasteiger partial charge in [-0.3, -0.25) is 4.79 Å². The van der Waals surface area contributed by atoms with Gasteiger partial charge in [-0.15, -0.1) is 0 Å². The average molecular weight is 361 g/mol. The highest BCUT2D eigenvalue weighted by Gasteiger charge is 2.27. The van der Waals surface area contributed by atoms with Crippen molar-refractivity contribution in [2.75, 3.05) is 0 Å². The summed E-state index contributed by atoms with van der Waals surface area (Å²) in [5.74, 6) is 2.03. The van der Waals surface area contributed by atoms with E-state index in [1.165, 1.54) is 0 Å². The number of nitrogens with one attached hydrogen (secondary N) is 2. The van der Waals surface area contributed by atoms with Crippen molar-refractivity contribution >= 4 is 16.9 Å². The van der Waals surface area contributed by atoms with E-state index in [-0.39, 0.29) is 17.9 Å². The Morgan fingerprint density at radius 2 is 1.78 bits per heavy atom. The van der Waals surface area contributed by atoms with Gasteiger partial charge in [0, 0.05) is 12.3 Å². The van der Waals surface area contributed by atoms with Crippen LogP contribution < -0.4 is 5.32 Å². The van der Waals surface area contributed by atoms with Crippen LogP contribution in [0, 0.1) is 11.8 Å². The molecule has 4 rings (SSSR count). The van der Waals surface area contributed by atoms with Gasteiger partial charge in [-0.05, 0) is 56.2 Å². The van der Waals surface area contributed by atoms with Crippen molar-refractivity contribution in [2.45, 2.75) is 45.1 Å². The minimum Gasteiger partial charge on any atom is -0.349 e. The highest BCUT2D eigenvalue weighted by atomic mass is 16.1. The van der Waals surface area contributed by atoms with Crippen LogP contribution in [0.25, 0.3) is 11.0 Å². The Bertz CT molecular complexity index is 861. The molecule has 140 valence electrons. The van der Waals surface area contributed by atoms with Crippen LogP contribution in [-0.2, 0) is 11.2 Å². The summed E-state index contributed by atoms with van der Waals surface area (Å²) in [5, 5.41) is 3.19. The van der Waals surface area contributed by atoms with Gasteiger partial charge in [-0.1, -0.05) is 42.5 Å². The Balaban J connectivity index is 1.28. The zero-order valence-electron chi connectivity index (χ0n) is 15.8. The molecule has 1 saturated carbocycles. The maximum absolute atomic E-state index is 12.6. The molecular formula is C23H27N3O. The van der Waals surface area contributed by atoms with E-state index in [1.807, 2.05) is 36.4 Å². The molecule has 4 heteroatoms. The molecule has 3 aromatic rings. The number of hydrogen-bond acceptors (Lipinski definition) is 2. The first kappa shape index (κ1) is 17.8. The fourth-order valence-corrected chi connectivity index (χ4v) is 4.16. The van der Waals surface area contributed by atoms with Gasteiger partial charge in [-0.2, -0.15) is 0 Å². The van der Waals surface area contributed by atoms with Crippen LogP contribution in [0.4, 0.5) is 0 Å². The minimum atomic E-state index is 0.0620. The highest BCUT2D eigenvalue weighted by Crippen LogP contribution is 2.31. The average Bonchev–Trinajstić information content (AvgIpc) is 3.11. The van der Waals surface area contributed by atoms with Gasteiger partial charge < -0.3 is 10.3 Å². The largest absolute Gasteiger partial charge is 0.349 e. The summed E-state index contributed by atoms with van der Waals surface area (Å²) in [6.45, 7) is 2.06. The molecule has 0 bridgehead atoms. The van der Waals surface area contributed by atoms with Crippen LogP contribution in [-0.4, -0.2) is 15.9 Å². The number of imidazole rings is 1. The van der Waals surface area contributed by atoms with E-state index < -0.39 is 0 Å². The van der Waals surface area contributed by atoms with Crippen molar-refractivity contribution in [2.24, 2.45) is 11.8 Å². The van der Waals surface area contributed by atoms with E-state index in [1.54, 1.807) is 0 Å². The Hall–Kier alpha value is -2.62. The van der Waals surface area contributed by atoms with Gasteiger partial charge >= 0.3 is 0 Å². The van der Waals surface area contributed by atoms with Gasteiger partial charge in [0.1, 0.15) is 5.82 Å². The van der Waals surface area contributed by atoms with Gasteiger partial charge in [0.25, 0.3) is 0 Å². The number of nitrogens with zero attached hydrogens (tertiary/aromatic N) is 1. The van der Waals surface area contributed by atoms with E-state index in [4.69, 9.17) is 4.98 Å². The lowest BCUT2D eigenvalue weighted by molar-refractivity contribution is -0.126. The summed E-state index contributed by atoms with van der Waals surface area (Å²) in [4.78, 5) is 20.8. The molecular weight excluding hydrogens is 334 g/mol. The molecule has 2 aromatic carbocycles. The summed E-state index contributed by atoms with van der Waals surface area (Å²) in [6, 6.07) is 18.4. The van der Waals surface area contributed by atoms with Crippen LogP contribution in [0.15, 0.2) is 54.6 Å². The van der Waals surface area contributed by atoms with Crippen molar-refractivity contribution < 1.29 is 4.79 Å². The van der Waals surface area contributed by atoms with Crippen molar-refractivity contribution in [1.82, 2.24) is 15.3 Å². The van der Waals surface area contributed by atoms with Crippen molar-refractivity contribution in [3.05, 3.63) is 66.0 Å². The number of H-pyrrole nitrogens is 1. The summed E-state index contributed by atoms with van der Waals surface area (Å²) < 4.78 is 0. The number of carbonyl (C=O) groups is 1.